The third-order valence-electron chi connectivity index (χ3n) is 13.4. The fraction of sp³-hybridized carbons (Fsp3) is 0.571. The third kappa shape index (κ3) is 67.2. The van der Waals surface area contributed by atoms with Crippen LogP contribution in [0.15, 0.2) is 182 Å². The molecule has 0 fully saturated rings. The van der Waals surface area contributed by atoms with E-state index >= 15 is 0 Å². The maximum atomic E-state index is 12.9. The Hall–Kier alpha value is -5.49. The van der Waals surface area contributed by atoms with E-state index in [4.69, 9.17) is 14.2 Å². The molecular weight excluding hydrogens is 1020 g/mol. The van der Waals surface area contributed by atoms with Crippen LogP contribution in [0.5, 0.6) is 0 Å². The number of rotatable bonds is 58. The summed E-state index contributed by atoms with van der Waals surface area (Å²) in [5.74, 6) is -0.977. The Morgan fingerprint density at radius 2 is 0.470 bits per heavy atom. The van der Waals surface area contributed by atoms with Gasteiger partial charge in [-0.3, -0.25) is 14.4 Å². The lowest BCUT2D eigenvalue weighted by Crippen LogP contribution is -2.30. The number of ether oxygens (including phenoxy) is 3. The summed E-state index contributed by atoms with van der Waals surface area (Å²) in [6.07, 6.45) is 103. The summed E-state index contributed by atoms with van der Waals surface area (Å²) < 4.78 is 16.9. The van der Waals surface area contributed by atoms with E-state index in [9.17, 15) is 14.4 Å². The predicted octanol–water partition coefficient (Wildman–Crippen LogP) is 23.2. The molecule has 0 spiro atoms. The van der Waals surface area contributed by atoms with Crippen molar-refractivity contribution in [2.75, 3.05) is 13.2 Å². The number of hydrogen-bond donors (Lipinski definition) is 0. The molecule has 0 aromatic heterocycles. The molecule has 0 saturated carbocycles. The van der Waals surface area contributed by atoms with E-state index in [1.54, 1.807) is 0 Å². The second-order valence-electron chi connectivity index (χ2n) is 21.3. The molecule has 1 unspecified atom stereocenters. The van der Waals surface area contributed by atoms with Crippen LogP contribution >= 0.6 is 0 Å². The van der Waals surface area contributed by atoms with Gasteiger partial charge >= 0.3 is 17.9 Å². The van der Waals surface area contributed by atoms with Gasteiger partial charge in [0.1, 0.15) is 13.2 Å². The molecule has 0 N–H and O–H groups in total. The fourth-order valence-corrected chi connectivity index (χ4v) is 8.46. The average Bonchev–Trinajstić information content (AvgIpc) is 3.49. The van der Waals surface area contributed by atoms with Gasteiger partial charge in [-0.1, -0.05) is 267 Å². The molecule has 83 heavy (non-hydrogen) atoms. The molecule has 0 bridgehead atoms. The Kier molecular flexibility index (Phi) is 64.4. The number of allylic oxidation sites excluding steroid dienone is 30. The lowest BCUT2D eigenvalue weighted by molar-refractivity contribution is -0.167. The highest BCUT2D eigenvalue weighted by molar-refractivity contribution is 5.71. The van der Waals surface area contributed by atoms with Crippen LogP contribution in [0.25, 0.3) is 0 Å². The van der Waals surface area contributed by atoms with Crippen LogP contribution in [-0.4, -0.2) is 37.2 Å². The molecule has 0 aliphatic carbocycles. The van der Waals surface area contributed by atoms with Crippen molar-refractivity contribution in [2.45, 2.75) is 271 Å². The van der Waals surface area contributed by atoms with Gasteiger partial charge in [0.05, 0.1) is 0 Å². The van der Waals surface area contributed by atoms with Crippen LogP contribution in [0.2, 0.25) is 0 Å². The van der Waals surface area contributed by atoms with Gasteiger partial charge in [-0.2, -0.15) is 0 Å². The Balaban J connectivity index is 4.46. The molecule has 0 aromatic carbocycles. The summed E-state index contributed by atoms with van der Waals surface area (Å²) in [5, 5.41) is 0. The van der Waals surface area contributed by atoms with Crippen molar-refractivity contribution in [3.05, 3.63) is 182 Å². The molecule has 0 radical (unpaired) electrons. The van der Waals surface area contributed by atoms with E-state index in [-0.39, 0.29) is 37.5 Å². The Bertz CT molecular complexity index is 1940. The zero-order valence-electron chi connectivity index (χ0n) is 53.1. The van der Waals surface area contributed by atoms with Crippen LogP contribution in [0.1, 0.15) is 265 Å². The second-order valence-corrected chi connectivity index (χ2v) is 21.3. The standard InChI is InChI=1S/C77H120O6/c1-4-7-10-13-16-19-22-25-28-30-32-33-34-35-36-37-38-39-40-41-42-43-45-46-49-52-55-58-61-64-67-70-76(79)82-73-74(72-81-75(78)69-66-63-60-57-54-51-48-27-24-21-18-15-12-9-6-3)83-77(80)71-68-65-62-59-56-53-50-47-44-31-29-26-23-20-17-14-11-8-5-2/h7-8,10-11,16-21,25-29,32-33,35-36,38-39,41-42,44-48,53,56,74H,4-6,9,12-15,22-24,30-31,34,37,40,43,49-52,54-55,57-73H2,1-3H3/b10-7-,11-8-,19-16-,20-17-,21-18-,28-25-,29-26-,33-32-,36-35-,39-38-,42-41-,46-45-,47-44-,48-27-,56-53-. The summed E-state index contributed by atoms with van der Waals surface area (Å²) in [7, 11) is 0. The fourth-order valence-electron chi connectivity index (χ4n) is 8.46. The van der Waals surface area contributed by atoms with Gasteiger partial charge in [-0.15, -0.1) is 0 Å². The molecule has 0 saturated heterocycles. The second kappa shape index (κ2) is 69.0. The van der Waals surface area contributed by atoms with Crippen LogP contribution in [0.3, 0.4) is 0 Å². The summed E-state index contributed by atoms with van der Waals surface area (Å²) in [6, 6.07) is 0. The number of carbonyl (C=O) groups is 3. The van der Waals surface area contributed by atoms with Gasteiger partial charge in [0.15, 0.2) is 6.10 Å². The normalized spacial score (nSPS) is 13.3. The van der Waals surface area contributed by atoms with Gasteiger partial charge in [-0.05, 0) is 161 Å². The third-order valence-corrected chi connectivity index (χ3v) is 13.4. The summed E-state index contributed by atoms with van der Waals surface area (Å²) >= 11 is 0. The first-order valence-corrected chi connectivity index (χ1v) is 33.3. The zero-order valence-corrected chi connectivity index (χ0v) is 53.1. The maximum Gasteiger partial charge on any atom is 0.306 e. The molecule has 464 valence electrons. The first-order valence-electron chi connectivity index (χ1n) is 33.3. The van der Waals surface area contributed by atoms with E-state index in [2.05, 4.69) is 203 Å². The van der Waals surface area contributed by atoms with Crippen molar-refractivity contribution in [1.82, 2.24) is 0 Å². The van der Waals surface area contributed by atoms with E-state index in [1.807, 2.05) is 0 Å². The summed E-state index contributed by atoms with van der Waals surface area (Å²) in [4.78, 5) is 38.4. The van der Waals surface area contributed by atoms with E-state index in [0.29, 0.717) is 19.3 Å². The van der Waals surface area contributed by atoms with Crippen molar-refractivity contribution in [1.29, 1.82) is 0 Å². The highest BCUT2D eigenvalue weighted by atomic mass is 16.6. The molecule has 0 rings (SSSR count). The molecule has 1 atom stereocenters. The van der Waals surface area contributed by atoms with E-state index < -0.39 is 6.10 Å². The topological polar surface area (TPSA) is 78.9 Å². The SMILES string of the molecule is CC/C=C\C/C=C\C/C=C\C/C=C\C/C=C\C/C=C\C/C=C\C/C=C\CCCCCCCCC(=O)OCC(COC(=O)CCCCCCC/C=C\C/C=C\CCCCC)OC(=O)CCCCC/C=C\C/C=C\C/C=C\C/C=C\C/C=C\CC. The van der Waals surface area contributed by atoms with Gasteiger partial charge in [0.25, 0.3) is 0 Å². The average molecular weight is 1140 g/mol. The molecule has 6 heteroatoms. The maximum absolute atomic E-state index is 12.9. The highest BCUT2D eigenvalue weighted by Crippen LogP contribution is 2.13. The van der Waals surface area contributed by atoms with Crippen LogP contribution < -0.4 is 0 Å². The van der Waals surface area contributed by atoms with Gasteiger partial charge in [-0.25, -0.2) is 0 Å². The molecule has 0 aromatic rings. The summed E-state index contributed by atoms with van der Waals surface area (Å²) in [5.41, 5.74) is 0. The minimum absolute atomic E-state index is 0.112. The van der Waals surface area contributed by atoms with E-state index in [0.717, 1.165) is 180 Å². The molecule has 0 amide bonds. The van der Waals surface area contributed by atoms with Crippen molar-refractivity contribution >= 4 is 17.9 Å². The van der Waals surface area contributed by atoms with Gasteiger partial charge in [0, 0.05) is 19.3 Å². The largest absolute Gasteiger partial charge is 0.462 e. The Morgan fingerprint density at radius 1 is 0.253 bits per heavy atom. The minimum Gasteiger partial charge on any atom is -0.462 e. The molecule has 6 nitrogen and oxygen atoms in total. The van der Waals surface area contributed by atoms with Crippen LogP contribution in [0, 0.1) is 0 Å². The highest BCUT2D eigenvalue weighted by Gasteiger charge is 2.19. The predicted molar refractivity (Wildman–Crippen MR) is 361 cm³/mol. The number of esters is 3. The van der Waals surface area contributed by atoms with Crippen molar-refractivity contribution in [3.8, 4) is 0 Å². The molecule has 0 heterocycles. The quantitative estimate of drug-likeness (QED) is 0.0261. The van der Waals surface area contributed by atoms with Crippen molar-refractivity contribution < 1.29 is 28.6 Å². The number of unbranched alkanes of at least 4 members (excludes halogenated alkanes) is 17. The van der Waals surface area contributed by atoms with E-state index in [1.165, 1.54) is 38.5 Å². The lowest BCUT2D eigenvalue weighted by atomic mass is 10.1. The first kappa shape index (κ1) is 77.5. The number of carbonyl (C=O) groups excluding carboxylic acids is 3. The summed E-state index contributed by atoms with van der Waals surface area (Å²) in [6.45, 7) is 6.33. The van der Waals surface area contributed by atoms with Crippen LogP contribution in [-0.2, 0) is 28.6 Å². The Labute approximate surface area is 510 Å². The van der Waals surface area contributed by atoms with Crippen molar-refractivity contribution in [3.63, 3.8) is 0 Å². The van der Waals surface area contributed by atoms with Crippen molar-refractivity contribution in [2.24, 2.45) is 0 Å². The zero-order chi connectivity index (χ0) is 59.9. The van der Waals surface area contributed by atoms with Gasteiger partial charge in [0.2, 0.25) is 0 Å². The number of hydrogen-bond acceptors (Lipinski definition) is 6. The minimum atomic E-state index is -0.820. The molecule has 0 aliphatic rings. The monoisotopic (exact) mass is 1140 g/mol. The van der Waals surface area contributed by atoms with Crippen LogP contribution in [0.4, 0.5) is 0 Å². The first-order chi connectivity index (χ1) is 41.0. The molecular formula is C77H120O6. The van der Waals surface area contributed by atoms with Gasteiger partial charge < -0.3 is 14.2 Å². The Morgan fingerprint density at radius 3 is 0.747 bits per heavy atom. The smallest absolute Gasteiger partial charge is 0.306 e. The molecule has 0 aliphatic heterocycles. The lowest BCUT2D eigenvalue weighted by Gasteiger charge is -2.18.